The molecule has 21 heavy (non-hydrogen) atoms. The summed E-state index contributed by atoms with van der Waals surface area (Å²) in [4.78, 5) is 4.52. The van der Waals surface area contributed by atoms with Gasteiger partial charge in [0.1, 0.15) is 5.82 Å². The van der Waals surface area contributed by atoms with Gasteiger partial charge < -0.3 is 10.3 Å². The predicted molar refractivity (Wildman–Crippen MR) is 84.0 cm³/mol. The smallest absolute Gasteiger partial charge is 0.124 e. The Morgan fingerprint density at radius 2 is 2.05 bits per heavy atom. The Kier molecular flexibility index (Phi) is 3.51. The van der Waals surface area contributed by atoms with Gasteiger partial charge in [-0.05, 0) is 35.9 Å². The summed E-state index contributed by atoms with van der Waals surface area (Å²) in [5.74, 6) is 0.734. The molecule has 5 heteroatoms. The van der Waals surface area contributed by atoms with Crippen LogP contribution in [0.2, 0.25) is 5.02 Å². The van der Waals surface area contributed by atoms with Gasteiger partial charge in [0.05, 0.1) is 30.1 Å². The van der Waals surface area contributed by atoms with Crippen LogP contribution in [0.15, 0.2) is 42.5 Å². The first-order valence-corrected chi connectivity index (χ1v) is 6.92. The Labute approximate surface area is 127 Å². The second-order valence-corrected chi connectivity index (χ2v) is 5.22. The van der Waals surface area contributed by atoms with Crippen molar-refractivity contribution >= 4 is 28.3 Å². The van der Waals surface area contributed by atoms with Gasteiger partial charge in [-0.25, -0.2) is 4.98 Å². The molecular weight excluding hydrogens is 284 g/mol. The number of hydrogen-bond acceptors (Lipinski definition) is 3. The third-order valence-corrected chi connectivity index (χ3v) is 3.64. The van der Waals surface area contributed by atoms with Crippen molar-refractivity contribution in [2.75, 3.05) is 5.73 Å². The summed E-state index contributed by atoms with van der Waals surface area (Å²) in [6, 6.07) is 15.4. The van der Waals surface area contributed by atoms with E-state index < -0.39 is 0 Å². The molecule has 0 atom stereocenters. The SMILES string of the molecule is N#CCc1nc2ccccc2n1Cc1cc(Cl)ccc1N. The van der Waals surface area contributed by atoms with Crippen molar-refractivity contribution in [2.24, 2.45) is 0 Å². The molecule has 0 saturated heterocycles. The molecule has 0 aliphatic rings. The summed E-state index contributed by atoms with van der Waals surface area (Å²) in [6.07, 6.45) is 0.259. The van der Waals surface area contributed by atoms with E-state index in [0.717, 1.165) is 22.4 Å². The van der Waals surface area contributed by atoms with Crippen molar-refractivity contribution in [3.63, 3.8) is 0 Å². The third kappa shape index (κ3) is 2.56. The fourth-order valence-corrected chi connectivity index (χ4v) is 2.58. The zero-order valence-corrected chi connectivity index (χ0v) is 12.0. The van der Waals surface area contributed by atoms with Crippen molar-refractivity contribution in [1.29, 1.82) is 5.26 Å². The fraction of sp³-hybridized carbons (Fsp3) is 0.125. The van der Waals surface area contributed by atoms with Crippen LogP contribution in [-0.4, -0.2) is 9.55 Å². The quantitative estimate of drug-likeness (QED) is 0.753. The van der Waals surface area contributed by atoms with E-state index in [4.69, 9.17) is 22.6 Å². The number of nitrogens with zero attached hydrogens (tertiary/aromatic N) is 3. The van der Waals surface area contributed by atoms with Gasteiger partial charge in [0.15, 0.2) is 0 Å². The number of imidazole rings is 1. The lowest BCUT2D eigenvalue weighted by atomic mass is 10.1. The zero-order valence-electron chi connectivity index (χ0n) is 11.3. The number of rotatable bonds is 3. The van der Waals surface area contributed by atoms with Crippen LogP contribution in [0.5, 0.6) is 0 Å². The molecule has 3 rings (SSSR count). The van der Waals surface area contributed by atoms with E-state index in [1.165, 1.54) is 0 Å². The third-order valence-electron chi connectivity index (χ3n) is 3.40. The van der Waals surface area contributed by atoms with Crippen LogP contribution in [0.4, 0.5) is 5.69 Å². The van der Waals surface area contributed by atoms with E-state index >= 15 is 0 Å². The average Bonchev–Trinajstić information content (AvgIpc) is 2.81. The maximum atomic E-state index is 8.98. The molecule has 0 saturated carbocycles. The summed E-state index contributed by atoms with van der Waals surface area (Å²) in [6.45, 7) is 0.546. The number of benzene rings is 2. The first kappa shape index (κ1) is 13.5. The second kappa shape index (κ2) is 5.47. The Balaban J connectivity index is 2.12. The van der Waals surface area contributed by atoms with Crippen LogP contribution < -0.4 is 5.73 Å². The number of nitriles is 1. The van der Waals surface area contributed by atoms with Crippen LogP contribution in [0, 0.1) is 11.3 Å². The van der Waals surface area contributed by atoms with Crippen LogP contribution in [0.3, 0.4) is 0 Å². The fourth-order valence-electron chi connectivity index (χ4n) is 2.39. The highest BCUT2D eigenvalue weighted by atomic mass is 35.5. The van der Waals surface area contributed by atoms with Gasteiger partial charge in [-0.15, -0.1) is 0 Å². The molecule has 2 N–H and O–H groups in total. The number of para-hydroxylation sites is 2. The van der Waals surface area contributed by atoms with Gasteiger partial charge in [-0.2, -0.15) is 5.26 Å². The summed E-state index contributed by atoms with van der Waals surface area (Å²) >= 11 is 6.04. The van der Waals surface area contributed by atoms with E-state index in [1.54, 1.807) is 12.1 Å². The minimum Gasteiger partial charge on any atom is -0.398 e. The summed E-state index contributed by atoms with van der Waals surface area (Å²) < 4.78 is 2.01. The molecule has 0 amide bonds. The number of anilines is 1. The molecular formula is C16H13ClN4. The molecule has 3 aromatic rings. The summed E-state index contributed by atoms with van der Waals surface area (Å²) in [5, 5.41) is 9.63. The zero-order chi connectivity index (χ0) is 14.8. The van der Waals surface area contributed by atoms with Crippen LogP contribution in [0.25, 0.3) is 11.0 Å². The highest BCUT2D eigenvalue weighted by Crippen LogP contribution is 2.23. The monoisotopic (exact) mass is 296 g/mol. The molecule has 0 aliphatic carbocycles. The maximum absolute atomic E-state index is 8.98. The number of aromatic nitrogens is 2. The molecule has 4 nitrogen and oxygen atoms in total. The predicted octanol–water partition coefficient (Wildman–Crippen LogP) is 3.39. The van der Waals surface area contributed by atoms with Gasteiger partial charge in [0.25, 0.3) is 0 Å². The minimum absolute atomic E-state index is 0.259. The van der Waals surface area contributed by atoms with Gasteiger partial charge in [-0.3, -0.25) is 0 Å². The number of hydrogen-bond donors (Lipinski definition) is 1. The van der Waals surface area contributed by atoms with Crippen molar-refractivity contribution in [1.82, 2.24) is 9.55 Å². The number of nitrogens with two attached hydrogens (primary N) is 1. The van der Waals surface area contributed by atoms with E-state index in [2.05, 4.69) is 11.1 Å². The van der Waals surface area contributed by atoms with Crippen molar-refractivity contribution in [2.45, 2.75) is 13.0 Å². The largest absolute Gasteiger partial charge is 0.398 e. The van der Waals surface area contributed by atoms with E-state index in [9.17, 15) is 0 Å². The number of fused-ring (bicyclic) bond motifs is 1. The van der Waals surface area contributed by atoms with Crippen molar-refractivity contribution < 1.29 is 0 Å². The van der Waals surface area contributed by atoms with Crippen LogP contribution in [0.1, 0.15) is 11.4 Å². The topological polar surface area (TPSA) is 67.6 Å². The van der Waals surface area contributed by atoms with Gasteiger partial charge in [0.2, 0.25) is 0 Å². The molecule has 0 unspecified atom stereocenters. The lowest BCUT2D eigenvalue weighted by Crippen LogP contribution is -2.07. The molecule has 1 heterocycles. The van der Waals surface area contributed by atoms with Crippen LogP contribution >= 0.6 is 11.6 Å². The Bertz CT molecular complexity index is 845. The summed E-state index contributed by atoms with van der Waals surface area (Å²) in [5.41, 5.74) is 9.48. The van der Waals surface area contributed by atoms with Gasteiger partial charge in [-0.1, -0.05) is 23.7 Å². The average molecular weight is 297 g/mol. The van der Waals surface area contributed by atoms with E-state index in [0.29, 0.717) is 17.3 Å². The normalized spacial score (nSPS) is 10.7. The molecule has 0 bridgehead atoms. The van der Waals surface area contributed by atoms with E-state index in [1.807, 2.05) is 34.9 Å². The Hall–Kier alpha value is -2.51. The number of nitrogen functional groups attached to an aromatic ring is 1. The first-order valence-electron chi connectivity index (χ1n) is 6.54. The molecule has 2 aromatic carbocycles. The molecule has 0 fully saturated rings. The Morgan fingerprint density at radius 1 is 1.24 bits per heavy atom. The highest BCUT2D eigenvalue weighted by Gasteiger charge is 2.12. The van der Waals surface area contributed by atoms with Crippen molar-refractivity contribution in [3.05, 3.63) is 58.9 Å². The van der Waals surface area contributed by atoms with Crippen LogP contribution in [-0.2, 0) is 13.0 Å². The van der Waals surface area contributed by atoms with Crippen molar-refractivity contribution in [3.8, 4) is 6.07 Å². The molecule has 1 aromatic heterocycles. The lowest BCUT2D eigenvalue weighted by Gasteiger charge is -2.10. The molecule has 104 valence electrons. The maximum Gasteiger partial charge on any atom is 0.124 e. The summed E-state index contributed by atoms with van der Waals surface area (Å²) in [7, 11) is 0. The minimum atomic E-state index is 0.259. The van der Waals surface area contributed by atoms with E-state index in [-0.39, 0.29) is 6.42 Å². The second-order valence-electron chi connectivity index (χ2n) is 4.78. The standard InChI is InChI=1S/C16H13ClN4/c17-12-5-6-13(19)11(9-12)10-21-15-4-2-1-3-14(15)20-16(21)7-8-18/h1-6,9H,7,10,19H2. The number of halogens is 1. The molecule has 0 radical (unpaired) electrons. The molecule has 0 aliphatic heterocycles. The van der Waals surface area contributed by atoms with Gasteiger partial charge >= 0.3 is 0 Å². The van der Waals surface area contributed by atoms with Gasteiger partial charge in [0, 0.05) is 10.7 Å². The lowest BCUT2D eigenvalue weighted by molar-refractivity contribution is 0.771. The highest BCUT2D eigenvalue weighted by molar-refractivity contribution is 6.30. The molecule has 0 spiro atoms. The first-order chi connectivity index (χ1) is 10.2. The Morgan fingerprint density at radius 3 is 2.86 bits per heavy atom.